The Hall–Kier alpha value is -1.26. The third-order valence-corrected chi connectivity index (χ3v) is 2.00. The van der Waals surface area contributed by atoms with Crippen LogP contribution >= 0.6 is 0 Å². The summed E-state index contributed by atoms with van der Waals surface area (Å²) in [5, 5.41) is 0. The molecule has 0 bridgehead atoms. The van der Waals surface area contributed by atoms with Crippen LogP contribution in [0.4, 0.5) is 0 Å². The van der Waals surface area contributed by atoms with Gasteiger partial charge in [0.1, 0.15) is 0 Å². The summed E-state index contributed by atoms with van der Waals surface area (Å²) >= 11 is 0. The predicted octanol–water partition coefficient (Wildman–Crippen LogP) is 3.26. The SMILES string of the molecule is C(=Cc1ccccc1)=CC1CC1. The summed E-state index contributed by atoms with van der Waals surface area (Å²) in [6.07, 6.45) is 6.93. The molecule has 60 valence electrons. The smallest absolute Gasteiger partial charge is 0.0130 e. The van der Waals surface area contributed by atoms with Crippen molar-refractivity contribution in [1.29, 1.82) is 0 Å². The Morgan fingerprint density at radius 1 is 1.17 bits per heavy atom. The van der Waals surface area contributed by atoms with E-state index in [1.165, 1.54) is 18.4 Å². The minimum atomic E-state index is 0.824. The minimum Gasteiger partial charge on any atom is -0.124 e. The summed E-state index contributed by atoms with van der Waals surface area (Å²) in [4.78, 5) is 0. The summed E-state index contributed by atoms with van der Waals surface area (Å²) < 4.78 is 0. The zero-order valence-corrected chi connectivity index (χ0v) is 7.03. The number of allylic oxidation sites excluding steroid dienone is 1. The number of hydrogen-bond acceptors (Lipinski definition) is 0. The van der Waals surface area contributed by atoms with Crippen molar-refractivity contribution in [3.63, 3.8) is 0 Å². The number of rotatable bonds is 2. The second kappa shape index (κ2) is 3.42. The van der Waals surface area contributed by atoms with Gasteiger partial charge in [-0.25, -0.2) is 0 Å². The Morgan fingerprint density at radius 2 is 1.92 bits per heavy atom. The van der Waals surface area contributed by atoms with Crippen LogP contribution in [0.15, 0.2) is 42.1 Å². The van der Waals surface area contributed by atoms with Crippen molar-refractivity contribution in [2.24, 2.45) is 5.92 Å². The van der Waals surface area contributed by atoms with E-state index in [9.17, 15) is 0 Å². The Labute approximate surface area is 73.2 Å². The second-order valence-corrected chi connectivity index (χ2v) is 3.23. The average molecular weight is 156 g/mol. The van der Waals surface area contributed by atoms with Crippen LogP contribution in [-0.2, 0) is 0 Å². The van der Waals surface area contributed by atoms with E-state index in [0.717, 1.165) is 5.92 Å². The van der Waals surface area contributed by atoms with E-state index in [-0.39, 0.29) is 0 Å². The third kappa shape index (κ3) is 2.11. The van der Waals surface area contributed by atoms with Crippen molar-refractivity contribution < 1.29 is 0 Å². The van der Waals surface area contributed by atoms with Gasteiger partial charge in [0.15, 0.2) is 0 Å². The zero-order chi connectivity index (χ0) is 8.23. The number of benzene rings is 1. The van der Waals surface area contributed by atoms with Crippen LogP contribution in [-0.4, -0.2) is 0 Å². The summed E-state index contributed by atoms with van der Waals surface area (Å²) in [6, 6.07) is 10.3. The van der Waals surface area contributed by atoms with Gasteiger partial charge in [-0.3, -0.25) is 0 Å². The standard InChI is InChI=1S/C12H12/c1-2-5-11(6-3-1)7-4-8-12-9-10-12/h1-3,5-8,12H,9-10H2. The van der Waals surface area contributed by atoms with Crippen LogP contribution in [0.5, 0.6) is 0 Å². The fourth-order valence-corrected chi connectivity index (χ4v) is 1.09. The summed E-state index contributed by atoms with van der Waals surface area (Å²) in [6.45, 7) is 0. The summed E-state index contributed by atoms with van der Waals surface area (Å²) in [5.74, 6) is 0.824. The van der Waals surface area contributed by atoms with E-state index in [2.05, 4.69) is 23.9 Å². The first-order valence-electron chi connectivity index (χ1n) is 4.43. The van der Waals surface area contributed by atoms with Gasteiger partial charge in [-0.1, -0.05) is 30.3 Å². The molecule has 1 fully saturated rings. The van der Waals surface area contributed by atoms with Crippen LogP contribution in [0, 0.1) is 5.92 Å². The van der Waals surface area contributed by atoms with Crippen LogP contribution in [0.2, 0.25) is 0 Å². The maximum Gasteiger partial charge on any atom is -0.0130 e. The molecule has 1 aromatic rings. The molecule has 0 heteroatoms. The molecule has 2 rings (SSSR count). The summed E-state index contributed by atoms with van der Waals surface area (Å²) in [7, 11) is 0. The van der Waals surface area contributed by atoms with E-state index in [1.54, 1.807) is 0 Å². The third-order valence-electron chi connectivity index (χ3n) is 2.00. The molecule has 0 N–H and O–H groups in total. The highest BCUT2D eigenvalue weighted by Crippen LogP contribution is 2.29. The largest absolute Gasteiger partial charge is 0.124 e. The van der Waals surface area contributed by atoms with Gasteiger partial charge in [-0.15, -0.1) is 5.73 Å². The molecule has 0 saturated heterocycles. The molecule has 1 aromatic carbocycles. The molecule has 1 saturated carbocycles. The molecule has 0 aromatic heterocycles. The topological polar surface area (TPSA) is 0 Å². The normalized spacial score (nSPS) is 15.0. The quantitative estimate of drug-likeness (QED) is 0.576. The van der Waals surface area contributed by atoms with Gasteiger partial charge in [0.25, 0.3) is 0 Å². The second-order valence-electron chi connectivity index (χ2n) is 3.23. The van der Waals surface area contributed by atoms with Gasteiger partial charge in [0.2, 0.25) is 0 Å². The van der Waals surface area contributed by atoms with Gasteiger partial charge >= 0.3 is 0 Å². The molecule has 0 aliphatic heterocycles. The highest BCUT2D eigenvalue weighted by atomic mass is 14.2. The Bertz CT molecular complexity index is 298. The average Bonchev–Trinajstić information content (AvgIpc) is 2.90. The van der Waals surface area contributed by atoms with Gasteiger partial charge in [-0.05, 0) is 36.5 Å². The molecule has 12 heavy (non-hydrogen) atoms. The molecular weight excluding hydrogens is 144 g/mol. The van der Waals surface area contributed by atoms with Crippen LogP contribution in [0.1, 0.15) is 18.4 Å². The maximum absolute atomic E-state index is 3.21. The van der Waals surface area contributed by atoms with Crippen molar-refractivity contribution >= 4 is 6.08 Å². The maximum atomic E-state index is 3.21. The molecular formula is C12H12. The van der Waals surface area contributed by atoms with Gasteiger partial charge in [-0.2, -0.15) is 0 Å². The van der Waals surface area contributed by atoms with E-state index in [4.69, 9.17) is 0 Å². The first-order chi connectivity index (χ1) is 5.95. The lowest BCUT2D eigenvalue weighted by Gasteiger charge is -1.86. The Kier molecular flexibility index (Phi) is 2.11. The lowest BCUT2D eigenvalue weighted by molar-refractivity contribution is 1.13. The fourth-order valence-electron chi connectivity index (χ4n) is 1.09. The zero-order valence-electron chi connectivity index (χ0n) is 7.03. The monoisotopic (exact) mass is 156 g/mol. The fraction of sp³-hybridized carbons (Fsp3) is 0.250. The Balaban J connectivity index is 2.06. The van der Waals surface area contributed by atoms with Gasteiger partial charge in [0.05, 0.1) is 0 Å². The highest BCUT2D eigenvalue weighted by molar-refractivity contribution is 5.48. The molecule has 0 unspecified atom stereocenters. The van der Waals surface area contributed by atoms with Crippen LogP contribution in [0.25, 0.3) is 6.08 Å². The molecule has 0 amide bonds. The van der Waals surface area contributed by atoms with Crippen molar-refractivity contribution in [2.45, 2.75) is 12.8 Å². The van der Waals surface area contributed by atoms with E-state index >= 15 is 0 Å². The Morgan fingerprint density at radius 3 is 2.58 bits per heavy atom. The molecule has 1 aliphatic rings. The minimum absolute atomic E-state index is 0.824. The molecule has 0 atom stereocenters. The predicted molar refractivity (Wildman–Crippen MR) is 51.7 cm³/mol. The van der Waals surface area contributed by atoms with Gasteiger partial charge < -0.3 is 0 Å². The molecule has 0 spiro atoms. The van der Waals surface area contributed by atoms with Crippen molar-refractivity contribution in [3.8, 4) is 0 Å². The first-order valence-corrected chi connectivity index (χ1v) is 4.43. The highest BCUT2D eigenvalue weighted by Gasteiger charge is 2.16. The van der Waals surface area contributed by atoms with E-state index in [0.29, 0.717) is 0 Å². The lowest BCUT2D eigenvalue weighted by atomic mass is 10.2. The molecule has 0 radical (unpaired) electrons. The molecule has 0 nitrogen and oxygen atoms in total. The van der Waals surface area contributed by atoms with Gasteiger partial charge in [0, 0.05) is 0 Å². The lowest BCUT2D eigenvalue weighted by Crippen LogP contribution is -1.65. The van der Waals surface area contributed by atoms with E-state index < -0.39 is 0 Å². The van der Waals surface area contributed by atoms with Crippen LogP contribution in [0.3, 0.4) is 0 Å². The van der Waals surface area contributed by atoms with Crippen molar-refractivity contribution in [1.82, 2.24) is 0 Å². The van der Waals surface area contributed by atoms with Crippen molar-refractivity contribution in [2.75, 3.05) is 0 Å². The van der Waals surface area contributed by atoms with E-state index in [1.807, 2.05) is 24.3 Å². The first kappa shape index (κ1) is 7.39. The molecule has 1 aliphatic carbocycles. The molecule has 0 heterocycles. The summed E-state index contributed by atoms with van der Waals surface area (Å²) in [5.41, 5.74) is 4.44. The van der Waals surface area contributed by atoms with Crippen molar-refractivity contribution in [3.05, 3.63) is 47.7 Å². The van der Waals surface area contributed by atoms with Crippen LogP contribution < -0.4 is 0 Å². The number of hydrogen-bond donors (Lipinski definition) is 0.